The van der Waals surface area contributed by atoms with E-state index in [1.165, 1.54) is 6.42 Å². The van der Waals surface area contributed by atoms with E-state index in [9.17, 15) is 8.42 Å². The number of rotatable bonds is 12. The van der Waals surface area contributed by atoms with E-state index in [1.54, 1.807) is 7.11 Å². The molecule has 0 aliphatic heterocycles. The Balaban J connectivity index is 0.00000450. The number of methoxy groups -OCH3 is 1. The third kappa shape index (κ3) is 10.2. The first-order valence-corrected chi connectivity index (χ1v) is 11.9. The van der Waals surface area contributed by atoms with Gasteiger partial charge in [0.1, 0.15) is 17.6 Å². The Morgan fingerprint density at radius 1 is 1.27 bits per heavy atom. The van der Waals surface area contributed by atoms with Crippen molar-refractivity contribution in [2.24, 2.45) is 10.9 Å². The Morgan fingerprint density at radius 2 is 2.00 bits per heavy atom. The molecule has 1 aliphatic rings. The third-order valence-electron chi connectivity index (χ3n) is 4.71. The van der Waals surface area contributed by atoms with Crippen molar-refractivity contribution >= 4 is 40.0 Å². The number of hydrogen-bond donors (Lipinski definition) is 3. The summed E-state index contributed by atoms with van der Waals surface area (Å²) >= 11 is 0. The minimum Gasteiger partial charge on any atom is -0.497 e. The highest BCUT2D eigenvalue weighted by molar-refractivity contribution is 14.0. The van der Waals surface area contributed by atoms with Gasteiger partial charge in [0.05, 0.1) is 19.4 Å². The Kier molecular flexibility index (Phi) is 12.4. The first kappa shape index (κ1) is 26.8. The lowest BCUT2D eigenvalue weighted by molar-refractivity contribution is 0.229. The topological polar surface area (TPSA) is 101 Å². The second-order valence-electron chi connectivity index (χ2n) is 7.22. The SMILES string of the molecule is CCNC(=NCC(C)Oc1cccc(OC)c1)NCCS(=O)(=O)NCC1CCC1.I. The molecular formula is C20H35IN4O4S. The van der Waals surface area contributed by atoms with Gasteiger partial charge in [-0.2, -0.15) is 0 Å². The molecule has 1 fully saturated rings. The third-order valence-corrected chi connectivity index (χ3v) is 6.06. The summed E-state index contributed by atoms with van der Waals surface area (Å²) in [7, 11) is -1.66. The maximum absolute atomic E-state index is 12.1. The van der Waals surface area contributed by atoms with Crippen LogP contribution in [0.25, 0.3) is 0 Å². The zero-order valence-electron chi connectivity index (χ0n) is 18.0. The van der Waals surface area contributed by atoms with Gasteiger partial charge in [0.2, 0.25) is 10.0 Å². The van der Waals surface area contributed by atoms with Gasteiger partial charge >= 0.3 is 0 Å². The van der Waals surface area contributed by atoms with Gasteiger partial charge in [-0.1, -0.05) is 12.5 Å². The van der Waals surface area contributed by atoms with Crippen molar-refractivity contribution in [3.05, 3.63) is 24.3 Å². The summed E-state index contributed by atoms with van der Waals surface area (Å²) in [6.07, 6.45) is 3.30. The summed E-state index contributed by atoms with van der Waals surface area (Å²) < 4.78 is 37.9. The summed E-state index contributed by atoms with van der Waals surface area (Å²) in [5.74, 6) is 2.54. The van der Waals surface area contributed by atoms with Gasteiger partial charge in [-0.3, -0.25) is 0 Å². The van der Waals surface area contributed by atoms with Crippen LogP contribution >= 0.6 is 24.0 Å². The first-order valence-electron chi connectivity index (χ1n) is 10.2. The minimum absolute atomic E-state index is 0. The standard InChI is InChI=1S/C20H34N4O4S.HI/c1-4-21-20(22-11-12-29(25,26)24-15-17-7-5-8-17)23-14-16(2)28-19-10-6-9-18(13-19)27-3;/h6,9-10,13,16-17,24H,4-5,7-8,11-12,14-15H2,1-3H3,(H2,21,22,23);1H. The quantitative estimate of drug-likeness (QED) is 0.209. The molecule has 1 aromatic rings. The van der Waals surface area contributed by atoms with E-state index in [0.29, 0.717) is 37.3 Å². The van der Waals surface area contributed by atoms with Crippen LogP contribution in [0.5, 0.6) is 11.5 Å². The van der Waals surface area contributed by atoms with Crippen LogP contribution in [0.2, 0.25) is 0 Å². The highest BCUT2D eigenvalue weighted by Crippen LogP contribution is 2.25. The van der Waals surface area contributed by atoms with E-state index in [0.717, 1.165) is 18.6 Å². The van der Waals surface area contributed by atoms with Crippen molar-refractivity contribution in [1.29, 1.82) is 0 Å². The van der Waals surface area contributed by atoms with Crippen LogP contribution in [-0.2, 0) is 10.0 Å². The lowest BCUT2D eigenvalue weighted by atomic mass is 9.86. The minimum atomic E-state index is -3.27. The van der Waals surface area contributed by atoms with Gasteiger partial charge in [0, 0.05) is 25.7 Å². The van der Waals surface area contributed by atoms with Crippen molar-refractivity contribution in [1.82, 2.24) is 15.4 Å². The van der Waals surface area contributed by atoms with Crippen LogP contribution in [0.3, 0.4) is 0 Å². The van der Waals surface area contributed by atoms with Crippen molar-refractivity contribution in [2.75, 3.05) is 39.0 Å². The second-order valence-corrected chi connectivity index (χ2v) is 9.14. The molecule has 8 nitrogen and oxygen atoms in total. The molecule has 172 valence electrons. The van der Waals surface area contributed by atoms with Crippen LogP contribution in [0.1, 0.15) is 33.1 Å². The monoisotopic (exact) mass is 554 g/mol. The lowest BCUT2D eigenvalue weighted by Crippen LogP contribution is -2.42. The number of nitrogens with one attached hydrogen (secondary N) is 3. The fraction of sp³-hybridized carbons (Fsp3) is 0.650. The molecule has 1 unspecified atom stereocenters. The molecule has 10 heteroatoms. The maximum Gasteiger partial charge on any atom is 0.213 e. The average molecular weight is 554 g/mol. The number of benzene rings is 1. The lowest BCUT2D eigenvalue weighted by Gasteiger charge is -2.25. The van der Waals surface area contributed by atoms with Crippen LogP contribution in [0.4, 0.5) is 0 Å². The highest BCUT2D eigenvalue weighted by atomic mass is 127. The summed E-state index contributed by atoms with van der Waals surface area (Å²) in [4.78, 5) is 4.49. The molecule has 0 bridgehead atoms. The molecule has 1 atom stereocenters. The van der Waals surface area contributed by atoms with E-state index < -0.39 is 10.0 Å². The van der Waals surface area contributed by atoms with Gasteiger partial charge < -0.3 is 20.1 Å². The summed E-state index contributed by atoms with van der Waals surface area (Å²) in [5.41, 5.74) is 0. The predicted molar refractivity (Wildman–Crippen MR) is 132 cm³/mol. The summed E-state index contributed by atoms with van der Waals surface area (Å²) in [5, 5.41) is 6.20. The fourth-order valence-corrected chi connectivity index (χ4v) is 3.83. The fourth-order valence-electron chi connectivity index (χ4n) is 2.82. The number of hydrogen-bond acceptors (Lipinski definition) is 5. The molecule has 1 aromatic carbocycles. The number of ether oxygens (including phenoxy) is 2. The zero-order chi connectivity index (χ0) is 21.1. The Labute approximate surface area is 197 Å². The van der Waals surface area contributed by atoms with Crippen LogP contribution in [0, 0.1) is 5.92 Å². The van der Waals surface area contributed by atoms with E-state index in [-0.39, 0.29) is 42.4 Å². The molecule has 1 aliphatic carbocycles. The highest BCUT2D eigenvalue weighted by Gasteiger charge is 2.20. The largest absolute Gasteiger partial charge is 0.497 e. The van der Waals surface area contributed by atoms with Gasteiger partial charge in [-0.05, 0) is 44.7 Å². The number of nitrogens with zero attached hydrogens (tertiary/aromatic N) is 1. The molecule has 2 rings (SSSR count). The zero-order valence-corrected chi connectivity index (χ0v) is 21.2. The molecule has 3 N–H and O–H groups in total. The molecular weight excluding hydrogens is 519 g/mol. The normalized spacial score (nSPS) is 15.5. The molecule has 1 saturated carbocycles. The van der Waals surface area contributed by atoms with Gasteiger partial charge in [-0.25, -0.2) is 18.1 Å². The second kappa shape index (κ2) is 13.9. The van der Waals surface area contributed by atoms with Crippen molar-refractivity contribution < 1.29 is 17.9 Å². The molecule has 0 amide bonds. The van der Waals surface area contributed by atoms with E-state index in [4.69, 9.17) is 9.47 Å². The predicted octanol–water partition coefficient (Wildman–Crippen LogP) is 2.36. The molecule has 0 spiro atoms. The maximum atomic E-state index is 12.1. The average Bonchev–Trinajstić information content (AvgIpc) is 2.64. The number of sulfonamides is 1. The summed E-state index contributed by atoms with van der Waals surface area (Å²) in [6.45, 7) is 5.85. The molecule has 30 heavy (non-hydrogen) atoms. The van der Waals surface area contributed by atoms with Crippen molar-refractivity contribution in [3.63, 3.8) is 0 Å². The van der Waals surface area contributed by atoms with Gasteiger partial charge in [0.15, 0.2) is 5.96 Å². The van der Waals surface area contributed by atoms with Crippen LogP contribution in [0.15, 0.2) is 29.3 Å². The Hall–Kier alpha value is -1.27. The van der Waals surface area contributed by atoms with Crippen molar-refractivity contribution in [3.8, 4) is 11.5 Å². The van der Waals surface area contributed by atoms with E-state index >= 15 is 0 Å². The first-order chi connectivity index (χ1) is 13.9. The van der Waals surface area contributed by atoms with Crippen LogP contribution < -0.4 is 24.8 Å². The van der Waals surface area contributed by atoms with Crippen LogP contribution in [-0.4, -0.2) is 59.5 Å². The smallest absolute Gasteiger partial charge is 0.213 e. The van der Waals surface area contributed by atoms with E-state index in [2.05, 4.69) is 20.3 Å². The molecule has 0 radical (unpaired) electrons. The Bertz CT molecular complexity index is 757. The summed E-state index contributed by atoms with van der Waals surface area (Å²) in [6, 6.07) is 7.42. The van der Waals surface area contributed by atoms with Gasteiger partial charge in [0.25, 0.3) is 0 Å². The number of halogens is 1. The van der Waals surface area contributed by atoms with Gasteiger partial charge in [-0.15, -0.1) is 24.0 Å². The molecule has 0 aromatic heterocycles. The van der Waals surface area contributed by atoms with Crippen molar-refractivity contribution in [2.45, 2.75) is 39.2 Å². The molecule has 0 saturated heterocycles. The van der Waals surface area contributed by atoms with E-state index in [1.807, 2.05) is 38.1 Å². The number of guanidine groups is 1. The molecule has 0 heterocycles. The Morgan fingerprint density at radius 3 is 2.63 bits per heavy atom. The number of aliphatic imine (C=N–C) groups is 1.